The number of carbonyl (C=O) groups is 1. The summed E-state index contributed by atoms with van der Waals surface area (Å²) in [6.07, 6.45) is 6.91. The molecule has 0 unspecified atom stereocenters. The van der Waals surface area contributed by atoms with Crippen molar-refractivity contribution in [1.29, 1.82) is 0 Å². The van der Waals surface area contributed by atoms with Gasteiger partial charge < -0.3 is 19.5 Å². The normalized spacial score (nSPS) is 14.6. The van der Waals surface area contributed by atoms with E-state index in [1.807, 2.05) is 87.2 Å². The number of aryl methyl sites for hydroxylation is 2. The van der Waals surface area contributed by atoms with E-state index < -0.39 is 0 Å². The first-order valence-electron chi connectivity index (χ1n) is 13.6. The lowest BCUT2D eigenvalue weighted by Crippen LogP contribution is -2.25. The first kappa shape index (κ1) is 26.4. The van der Waals surface area contributed by atoms with Gasteiger partial charge in [0.05, 0.1) is 22.9 Å². The van der Waals surface area contributed by atoms with Crippen molar-refractivity contribution in [2.45, 2.75) is 19.8 Å². The van der Waals surface area contributed by atoms with Crippen LogP contribution in [0.3, 0.4) is 0 Å². The minimum atomic E-state index is 0.00960. The molecule has 5 aromatic rings. The Kier molecular flexibility index (Phi) is 7.07. The molecule has 0 atom stereocenters. The number of rotatable bonds is 8. The third kappa shape index (κ3) is 5.46. The fourth-order valence-corrected chi connectivity index (χ4v) is 4.98. The van der Waals surface area contributed by atoms with Gasteiger partial charge in [0.25, 0.3) is 5.91 Å². The van der Waals surface area contributed by atoms with E-state index in [-0.39, 0.29) is 5.91 Å². The van der Waals surface area contributed by atoms with Gasteiger partial charge in [-0.15, -0.1) is 0 Å². The van der Waals surface area contributed by atoms with Crippen LogP contribution in [-0.4, -0.2) is 62.5 Å². The van der Waals surface area contributed by atoms with Gasteiger partial charge in [-0.05, 0) is 81.9 Å². The maximum atomic E-state index is 13.1. The summed E-state index contributed by atoms with van der Waals surface area (Å²) in [7, 11) is 6.03. The van der Waals surface area contributed by atoms with Gasteiger partial charge in [0, 0.05) is 37.5 Å². The van der Waals surface area contributed by atoms with Gasteiger partial charge in [-0.2, -0.15) is 0 Å². The van der Waals surface area contributed by atoms with Crippen LogP contribution in [0.4, 0.5) is 17.3 Å². The van der Waals surface area contributed by atoms with E-state index in [0.29, 0.717) is 35.6 Å². The molecular formula is C31H32N8O2. The highest BCUT2D eigenvalue weighted by molar-refractivity contribution is 6.08. The number of ether oxygens (including phenoxy) is 1. The van der Waals surface area contributed by atoms with Crippen molar-refractivity contribution in [2.24, 2.45) is 7.05 Å². The number of nitrogens with one attached hydrogen (secondary N) is 1. The number of amides is 1. The monoisotopic (exact) mass is 548 g/mol. The largest absolute Gasteiger partial charge is 0.457 e. The van der Waals surface area contributed by atoms with E-state index in [1.54, 1.807) is 11.2 Å². The van der Waals surface area contributed by atoms with E-state index in [4.69, 9.17) is 9.72 Å². The summed E-state index contributed by atoms with van der Waals surface area (Å²) in [4.78, 5) is 35.0. The van der Waals surface area contributed by atoms with Crippen LogP contribution in [0.15, 0.2) is 72.8 Å². The molecule has 41 heavy (non-hydrogen) atoms. The first-order chi connectivity index (χ1) is 19.9. The number of aromatic nitrogens is 5. The molecule has 0 aliphatic carbocycles. The van der Waals surface area contributed by atoms with Gasteiger partial charge >= 0.3 is 0 Å². The van der Waals surface area contributed by atoms with Crippen molar-refractivity contribution >= 4 is 45.3 Å². The minimum absolute atomic E-state index is 0.00960. The number of nitrogens with zero attached hydrogens (tertiary/aromatic N) is 7. The van der Waals surface area contributed by atoms with Crippen LogP contribution in [0.25, 0.3) is 22.1 Å². The van der Waals surface area contributed by atoms with Crippen molar-refractivity contribution in [1.82, 2.24) is 29.4 Å². The molecule has 1 aliphatic heterocycles. The highest BCUT2D eigenvalue weighted by atomic mass is 16.5. The smallest absolute Gasteiger partial charge is 0.255 e. The second-order valence-corrected chi connectivity index (χ2v) is 10.5. The summed E-state index contributed by atoms with van der Waals surface area (Å²) < 4.78 is 8.15. The van der Waals surface area contributed by atoms with Gasteiger partial charge in [-0.25, -0.2) is 19.9 Å². The van der Waals surface area contributed by atoms with Gasteiger partial charge in [-0.3, -0.25) is 9.69 Å². The molecule has 1 aliphatic rings. The number of pyridine rings is 1. The molecule has 1 saturated heterocycles. The Hall–Kier alpha value is -4.83. The SMILES string of the molecule is Cc1cc(Nc2ncnc3ccc(N4CC/C(=C\CCN(C)C)C4=O)nc23)ccc1Oc1ccc2c(c1)ncn2C. The summed E-state index contributed by atoms with van der Waals surface area (Å²) >= 11 is 0. The number of fused-ring (bicyclic) bond motifs is 2. The predicted octanol–water partition coefficient (Wildman–Crippen LogP) is 5.37. The van der Waals surface area contributed by atoms with Crippen LogP contribution >= 0.6 is 0 Å². The fourth-order valence-electron chi connectivity index (χ4n) is 4.98. The molecule has 208 valence electrons. The Balaban J connectivity index is 1.21. The van der Waals surface area contributed by atoms with E-state index in [9.17, 15) is 4.79 Å². The zero-order valence-electron chi connectivity index (χ0n) is 23.6. The zero-order valence-corrected chi connectivity index (χ0v) is 23.6. The summed E-state index contributed by atoms with van der Waals surface area (Å²) in [6.45, 7) is 3.51. The molecule has 0 saturated carbocycles. The maximum absolute atomic E-state index is 13.1. The Labute approximate surface area is 238 Å². The van der Waals surface area contributed by atoms with Crippen molar-refractivity contribution in [3.05, 3.63) is 78.4 Å². The van der Waals surface area contributed by atoms with E-state index in [0.717, 1.165) is 52.3 Å². The maximum Gasteiger partial charge on any atom is 0.255 e. The molecule has 10 nitrogen and oxygen atoms in total. The summed E-state index contributed by atoms with van der Waals surface area (Å²) in [6, 6.07) is 15.5. The van der Waals surface area contributed by atoms with Gasteiger partial charge in [0.1, 0.15) is 29.2 Å². The lowest BCUT2D eigenvalue weighted by Gasteiger charge is -2.16. The Morgan fingerprint density at radius 3 is 2.76 bits per heavy atom. The van der Waals surface area contributed by atoms with Crippen molar-refractivity contribution in [2.75, 3.05) is 37.4 Å². The van der Waals surface area contributed by atoms with Crippen LogP contribution < -0.4 is 15.0 Å². The quantitative estimate of drug-likeness (QED) is 0.258. The lowest BCUT2D eigenvalue weighted by atomic mass is 10.2. The molecule has 4 heterocycles. The first-order valence-corrected chi connectivity index (χ1v) is 13.6. The molecule has 1 N–H and O–H groups in total. The molecule has 10 heteroatoms. The second kappa shape index (κ2) is 11.0. The average molecular weight is 549 g/mol. The van der Waals surface area contributed by atoms with Crippen LogP contribution in [0.2, 0.25) is 0 Å². The van der Waals surface area contributed by atoms with Crippen LogP contribution in [0, 0.1) is 6.92 Å². The van der Waals surface area contributed by atoms with Crippen LogP contribution in [0.5, 0.6) is 11.5 Å². The third-order valence-electron chi connectivity index (χ3n) is 7.20. The number of hydrogen-bond acceptors (Lipinski definition) is 8. The molecule has 0 bridgehead atoms. The summed E-state index contributed by atoms with van der Waals surface area (Å²) in [5.41, 5.74) is 5.87. The van der Waals surface area contributed by atoms with Crippen molar-refractivity contribution in [3.8, 4) is 11.5 Å². The standard InChI is InChI=1S/C31H32N8O2/c1-20-16-22(7-11-27(20)41-23-8-10-26-25(17-23)34-19-38(26)4)35-30-29-24(32-18-33-30)9-12-28(36-29)39-15-13-21(31(39)40)6-5-14-37(2)3/h6-12,16-19H,5,13-15H2,1-4H3,(H,32,33,35)/b21-6+. The topological polar surface area (TPSA) is 101 Å². The molecule has 3 aromatic heterocycles. The second-order valence-electron chi connectivity index (χ2n) is 10.5. The highest BCUT2D eigenvalue weighted by Gasteiger charge is 2.28. The Bertz CT molecular complexity index is 1790. The molecule has 6 rings (SSSR count). The molecule has 0 spiro atoms. The molecule has 1 fully saturated rings. The molecule has 0 radical (unpaired) electrons. The molecule has 2 aromatic carbocycles. The predicted molar refractivity (Wildman–Crippen MR) is 161 cm³/mol. The lowest BCUT2D eigenvalue weighted by molar-refractivity contribution is -0.114. The zero-order chi connectivity index (χ0) is 28.5. The third-order valence-corrected chi connectivity index (χ3v) is 7.20. The van der Waals surface area contributed by atoms with E-state index in [1.165, 1.54) is 6.33 Å². The van der Waals surface area contributed by atoms with Crippen LogP contribution in [0.1, 0.15) is 18.4 Å². The van der Waals surface area contributed by atoms with Crippen LogP contribution in [-0.2, 0) is 11.8 Å². The van der Waals surface area contributed by atoms with Gasteiger partial charge in [0.2, 0.25) is 0 Å². The van der Waals surface area contributed by atoms with E-state index in [2.05, 4.69) is 25.2 Å². The Morgan fingerprint density at radius 2 is 1.93 bits per heavy atom. The summed E-state index contributed by atoms with van der Waals surface area (Å²) in [5.74, 6) is 2.65. The highest BCUT2D eigenvalue weighted by Crippen LogP contribution is 2.32. The minimum Gasteiger partial charge on any atom is -0.457 e. The number of hydrogen-bond donors (Lipinski definition) is 1. The fraction of sp³-hybridized carbons (Fsp3) is 0.258. The number of imidazole rings is 1. The number of anilines is 3. The molecular weight excluding hydrogens is 516 g/mol. The summed E-state index contributed by atoms with van der Waals surface area (Å²) in [5, 5.41) is 3.38. The Morgan fingerprint density at radius 1 is 1.05 bits per heavy atom. The van der Waals surface area contributed by atoms with E-state index >= 15 is 0 Å². The van der Waals surface area contributed by atoms with Crippen molar-refractivity contribution < 1.29 is 9.53 Å². The van der Waals surface area contributed by atoms with Gasteiger partial charge in [-0.1, -0.05) is 6.08 Å². The number of benzene rings is 2. The number of carbonyl (C=O) groups excluding carboxylic acids is 1. The van der Waals surface area contributed by atoms with Gasteiger partial charge in [0.15, 0.2) is 5.82 Å². The average Bonchev–Trinajstić information content (AvgIpc) is 3.51. The molecule has 1 amide bonds. The van der Waals surface area contributed by atoms with Crippen molar-refractivity contribution in [3.63, 3.8) is 0 Å².